The highest BCUT2D eigenvalue weighted by molar-refractivity contribution is 6.00. The van der Waals surface area contributed by atoms with Crippen LogP contribution in [0.2, 0.25) is 0 Å². The van der Waals surface area contributed by atoms with E-state index in [2.05, 4.69) is 5.16 Å². The summed E-state index contributed by atoms with van der Waals surface area (Å²) in [5.74, 6) is -0.555. The number of benzene rings is 2. The molecule has 1 heterocycles. The molecule has 1 fully saturated rings. The highest BCUT2D eigenvalue weighted by Gasteiger charge is 2.36. The van der Waals surface area contributed by atoms with E-state index < -0.39 is 6.23 Å². The number of oxime groups is 1. The molecular weight excluding hydrogens is 344 g/mol. The second-order valence-corrected chi connectivity index (χ2v) is 6.22. The third-order valence-corrected chi connectivity index (χ3v) is 4.39. The van der Waals surface area contributed by atoms with Crippen LogP contribution in [0.5, 0.6) is 0 Å². The number of carbonyl (C=O) groups excluding carboxylic acids is 2. The SMILES string of the molecule is CCC(=O)O[C@@H]1CC(=NOC)CN1C(=O)c1ccc(-c2ccccc2)cc1. The lowest BCUT2D eigenvalue weighted by atomic mass is 10.0. The summed E-state index contributed by atoms with van der Waals surface area (Å²) in [7, 11) is 1.45. The number of esters is 1. The zero-order chi connectivity index (χ0) is 19.2. The van der Waals surface area contributed by atoms with Gasteiger partial charge in [-0.2, -0.15) is 0 Å². The quantitative estimate of drug-likeness (QED) is 0.600. The van der Waals surface area contributed by atoms with Crippen LogP contribution in [0.15, 0.2) is 59.8 Å². The van der Waals surface area contributed by atoms with Gasteiger partial charge in [-0.1, -0.05) is 54.5 Å². The van der Waals surface area contributed by atoms with Gasteiger partial charge in [-0.15, -0.1) is 0 Å². The fourth-order valence-corrected chi connectivity index (χ4v) is 3.01. The Balaban J connectivity index is 1.80. The van der Waals surface area contributed by atoms with Gasteiger partial charge in [-0.25, -0.2) is 0 Å². The molecule has 1 amide bonds. The topological polar surface area (TPSA) is 68.2 Å². The van der Waals surface area contributed by atoms with Crippen molar-refractivity contribution in [3.63, 3.8) is 0 Å². The van der Waals surface area contributed by atoms with Crippen LogP contribution in [0.25, 0.3) is 11.1 Å². The summed E-state index contributed by atoms with van der Waals surface area (Å²) in [5, 5.41) is 3.92. The van der Waals surface area contributed by atoms with E-state index in [1.807, 2.05) is 42.5 Å². The van der Waals surface area contributed by atoms with Crippen molar-refractivity contribution in [1.82, 2.24) is 4.90 Å². The minimum absolute atomic E-state index is 0.204. The molecule has 1 saturated heterocycles. The molecule has 0 N–H and O–H groups in total. The molecule has 0 radical (unpaired) electrons. The van der Waals surface area contributed by atoms with Crippen molar-refractivity contribution in [1.29, 1.82) is 0 Å². The summed E-state index contributed by atoms with van der Waals surface area (Å²) in [6.45, 7) is 1.99. The predicted molar refractivity (Wildman–Crippen MR) is 102 cm³/mol. The van der Waals surface area contributed by atoms with Gasteiger partial charge in [-0.3, -0.25) is 14.5 Å². The summed E-state index contributed by atoms with van der Waals surface area (Å²) < 4.78 is 5.42. The lowest BCUT2D eigenvalue weighted by Crippen LogP contribution is -2.38. The number of carbonyl (C=O) groups is 2. The van der Waals surface area contributed by atoms with Crippen LogP contribution in [-0.4, -0.2) is 42.4 Å². The fraction of sp³-hybridized carbons (Fsp3) is 0.286. The molecular formula is C21H22N2O4. The zero-order valence-electron chi connectivity index (χ0n) is 15.4. The molecule has 27 heavy (non-hydrogen) atoms. The number of rotatable bonds is 5. The van der Waals surface area contributed by atoms with Gasteiger partial charge in [0.1, 0.15) is 7.11 Å². The van der Waals surface area contributed by atoms with E-state index in [0.29, 0.717) is 17.7 Å². The van der Waals surface area contributed by atoms with Gasteiger partial charge in [0, 0.05) is 18.4 Å². The Labute approximate surface area is 158 Å². The average Bonchev–Trinajstić information content (AvgIpc) is 3.10. The number of ether oxygens (including phenoxy) is 1. The van der Waals surface area contributed by atoms with E-state index in [0.717, 1.165) is 11.1 Å². The van der Waals surface area contributed by atoms with Crippen molar-refractivity contribution in [2.75, 3.05) is 13.7 Å². The molecule has 2 aromatic rings. The predicted octanol–water partition coefficient (Wildman–Crippen LogP) is 3.48. The van der Waals surface area contributed by atoms with E-state index in [1.165, 1.54) is 12.0 Å². The molecule has 140 valence electrons. The molecule has 1 aliphatic heterocycles. The number of amides is 1. The summed E-state index contributed by atoms with van der Waals surface area (Å²) in [6, 6.07) is 17.3. The first-order valence-electron chi connectivity index (χ1n) is 8.87. The Morgan fingerprint density at radius 1 is 1.07 bits per heavy atom. The molecule has 3 rings (SSSR count). The normalized spacial score (nSPS) is 17.8. The standard InChI is InChI=1S/C21H22N2O4/c1-3-20(24)27-19-13-18(22-26-2)14-23(19)21(25)17-11-9-16(10-12-17)15-7-5-4-6-8-15/h4-12,19H,3,13-14H2,1-2H3/t19-/m1/s1. The molecule has 2 aromatic carbocycles. The second-order valence-electron chi connectivity index (χ2n) is 6.22. The van der Waals surface area contributed by atoms with Gasteiger partial charge in [-0.05, 0) is 23.3 Å². The van der Waals surface area contributed by atoms with Crippen molar-refractivity contribution in [3.05, 3.63) is 60.2 Å². The lowest BCUT2D eigenvalue weighted by molar-refractivity contribution is -0.153. The molecule has 0 bridgehead atoms. The number of hydrogen-bond donors (Lipinski definition) is 0. The van der Waals surface area contributed by atoms with Crippen molar-refractivity contribution in [3.8, 4) is 11.1 Å². The van der Waals surface area contributed by atoms with Crippen molar-refractivity contribution < 1.29 is 19.2 Å². The molecule has 1 atom stereocenters. The van der Waals surface area contributed by atoms with Gasteiger partial charge in [0.15, 0.2) is 6.23 Å². The molecule has 0 saturated carbocycles. The highest BCUT2D eigenvalue weighted by atomic mass is 16.6. The minimum Gasteiger partial charge on any atom is -0.441 e. The van der Waals surface area contributed by atoms with Crippen LogP contribution in [0.1, 0.15) is 30.1 Å². The van der Waals surface area contributed by atoms with E-state index in [4.69, 9.17) is 9.57 Å². The molecule has 0 unspecified atom stereocenters. The van der Waals surface area contributed by atoms with Crippen molar-refractivity contribution >= 4 is 17.6 Å². The Bertz CT molecular complexity index is 831. The molecule has 0 aliphatic carbocycles. The summed E-state index contributed by atoms with van der Waals surface area (Å²) in [5.41, 5.74) is 3.32. The van der Waals surface area contributed by atoms with Gasteiger partial charge >= 0.3 is 5.97 Å². The smallest absolute Gasteiger partial charge is 0.307 e. The van der Waals surface area contributed by atoms with Gasteiger partial charge < -0.3 is 9.57 Å². The summed E-state index contributed by atoms with van der Waals surface area (Å²) >= 11 is 0. The average molecular weight is 366 g/mol. The molecule has 6 heteroatoms. The monoisotopic (exact) mass is 366 g/mol. The first-order valence-corrected chi connectivity index (χ1v) is 8.87. The van der Waals surface area contributed by atoms with E-state index >= 15 is 0 Å². The maximum Gasteiger partial charge on any atom is 0.307 e. The highest BCUT2D eigenvalue weighted by Crippen LogP contribution is 2.23. The zero-order valence-corrected chi connectivity index (χ0v) is 15.4. The number of likely N-dealkylation sites (tertiary alicyclic amines) is 1. The third-order valence-electron chi connectivity index (χ3n) is 4.39. The molecule has 0 spiro atoms. The van der Waals surface area contributed by atoms with Crippen LogP contribution in [0, 0.1) is 0 Å². The van der Waals surface area contributed by atoms with Crippen molar-refractivity contribution in [2.45, 2.75) is 26.0 Å². The maximum absolute atomic E-state index is 13.0. The number of nitrogens with zero attached hydrogens (tertiary/aromatic N) is 2. The second kappa shape index (κ2) is 8.49. The van der Waals surface area contributed by atoms with Gasteiger partial charge in [0.25, 0.3) is 5.91 Å². The molecule has 1 aliphatic rings. The molecule has 0 aromatic heterocycles. The minimum atomic E-state index is -0.660. The summed E-state index contributed by atoms with van der Waals surface area (Å²) in [4.78, 5) is 31.0. The maximum atomic E-state index is 13.0. The lowest BCUT2D eigenvalue weighted by Gasteiger charge is -2.23. The fourth-order valence-electron chi connectivity index (χ4n) is 3.01. The van der Waals surface area contributed by atoms with Gasteiger partial charge in [0.2, 0.25) is 0 Å². The number of hydrogen-bond acceptors (Lipinski definition) is 5. The summed E-state index contributed by atoms with van der Waals surface area (Å²) in [6.07, 6.45) is -0.0540. The van der Waals surface area contributed by atoms with Crippen LogP contribution in [0.3, 0.4) is 0 Å². The van der Waals surface area contributed by atoms with Crippen LogP contribution in [-0.2, 0) is 14.4 Å². The third kappa shape index (κ3) is 4.34. The van der Waals surface area contributed by atoms with Crippen LogP contribution in [0.4, 0.5) is 0 Å². The Morgan fingerprint density at radius 3 is 2.37 bits per heavy atom. The van der Waals surface area contributed by atoms with Crippen LogP contribution < -0.4 is 0 Å². The first kappa shape index (κ1) is 18.6. The van der Waals surface area contributed by atoms with Gasteiger partial charge in [0.05, 0.1) is 12.3 Å². The molecule has 6 nitrogen and oxygen atoms in total. The van der Waals surface area contributed by atoms with E-state index in [1.54, 1.807) is 19.1 Å². The largest absolute Gasteiger partial charge is 0.441 e. The Morgan fingerprint density at radius 2 is 1.74 bits per heavy atom. The van der Waals surface area contributed by atoms with Crippen molar-refractivity contribution in [2.24, 2.45) is 5.16 Å². The van der Waals surface area contributed by atoms with E-state index in [-0.39, 0.29) is 24.8 Å². The van der Waals surface area contributed by atoms with E-state index in [9.17, 15) is 9.59 Å². The Kier molecular flexibility index (Phi) is 5.86. The first-order chi connectivity index (χ1) is 13.1. The van der Waals surface area contributed by atoms with Crippen LogP contribution >= 0.6 is 0 Å². The Hall–Kier alpha value is -3.15.